The largest absolute Gasteiger partial charge is 0.461 e. The summed E-state index contributed by atoms with van der Waals surface area (Å²) in [5.74, 6) is -2.49. The third kappa shape index (κ3) is 1.36. The first kappa shape index (κ1) is 9.63. The Balaban J connectivity index is 2.20. The minimum Gasteiger partial charge on any atom is -0.461 e. The lowest BCUT2D eigenvalue weighted by atomic mass is 9.99. The molecule has 2 aliphatic rings. The number of hydrazone groups is 1. The van der Waals surface area contributed by atoms with Crippen molar-refractivity contribution in [2.45, 2.75) is 13.0 Å². The van der Waals surface area contributed by atoms with Gasteiger partial charge in [0, 0.05) is 0 Å². The Morgan fingerprint density at radius 3 is 2.87 bits per heavy atom. The summed E-state index contributed by atoms with van der Waals surface area (Å²) >= 11 is 0. The number of ether oxygens (including phenoxy) is 1. The molecule has 0 radical (unpaired) electrons. The number of nitrogens with zero attached hydrogens (tertiary/aromatic N) is 1. The van der Waals surface area contributed by atoms with Gasteiger partial charge < -0.3 is 4.74 Å². The third-order valence-electron chi connectivity index (χ3n) is 2.25. The summed E-state index contributed by atoms with van der Waals surface area (Å²) in [6.07, 6.45) is 0. The fraction of sp³-hybridized carbons (Fsp3) is 0.500. The van der Waals surface area contributed by atoms with E-state index in [-0.39, 0.29) is 12.3 Å². The maximum atomic E-state index is 11.4. The predicted octanol–water partition coefficient (Wildman–Crippen LogP) is -1.85. The normalized spacial score (nSPS) is 27.9. The highest BCUT2D eigenvalue weighted by atomic mass is 16.5. The van der Waals surface area contributed by atoms with Gasteiger partial charge in [0.2, 0.25) is 5.91 Å². The van der Waals surface area contributed by atoms with E-state index in [0.29, 0.717) is 0 Å². The van der Waals surface area contributed by atoms with Gasteiger partial charge in [-0.1, -0.05) is 0 Å². The van der Waals surface area contributed by atoms with Crippen LogP contribution in [0.2, 0.25) is 0 Å². The van der Waals surface area contributed by atoms with E-state index in [9.17, 15) is 14.4 Å². The second kappa shape index (κ2) is 3.34. The number of esters is 1. The number of rotatable bonds is 2. The van der Waals surface area contributed by atoms with Crippen molar-refractivity contribution in [1.82, 2.24) is 10.7 Å². The number of carbonyl (C=O) groups is 3. The lowest BCUT2D eigenvalue weighted by Gasteiger charge is -2.05. The van der Waals surface area contributed by atoms with Gasteiger partial charge in [0.25, 0.3) is 5.91 Å². The van der Waals surface area contributed by atoms with Crippen LogP contribution in [0, 0.1) is 5.92 Å². The van der Waals surface area contributed by atoms with Gasteiger partial charge in [0.1, 0.15) is 12.0 Å². The van der Waals surface area contributed by atoms with Gasteiger partial charge in [0.05, 0.1) is 6.61 Å². The van der Waals surface area contributed by atoms with E-state index in [0.717, 1.165) is 0 Å². The maximum absolute atomic E-state index is 11.4. The fourth-order valence-corrected chi connectivity index (χ4v) is 1.58. The van der Waals surface area contributed by atoms with E-state index in [1.807, 2.05) is 0 Å². The predicted molar refractivity (Wildman–Crippen MR) is 47.6 cm³/mol. The second-order valence-corrected chi connectivity index (χ2v) is 3.16. The molecule has 7 nitrogen and oxygen atoms in total. The van der Waals surface area contributed by atoms with Crippen molar-refractivity contribution < 1.29 is 19.1 Å². The highest BCUT2D eigenvalue weighted by Crippen LogP contribution is 2.19. The van der Waals surface area contributed by atoms with E-state index >= 15 is 0 Å². The molecular weight excluding hydrogens is 202 g/mol. The number of fused-ring (bicyclic) bond motifs is 1. The molecule has 2 heterocycles. The van der Waals surface area contributed by atoms with Crippen LogP contribution in [0.15, 0.2) is 5.10 Å². The van der Waals surface area contributed by atoms with Crippen LogP contribution in [0.25, 0.3) is 0 Å². The SMILES string of the molecule is CCOC(=O)C1=NN[C@H]2C(=O)NC(=O)[C@H]12. The van der Waals surface area contributed by atoms with Gasteiger partial charge in [0.15, 0.2) is 5.71 Å². The molecule has 2 atom stereocenters. The Labute approximate surface area is 84.8 Å². The number of nitrogens with one attached hydrogen (secondary N) is 2. The molecule has 1 saturated heterocycles. The van der Waals surface area contributed by atoms with Crippen molar-refractivity contribution in [3.63, 3.8) is 0 Å². The smallest absolute Gasteiger partial charge is 0.355 e. The third-order valence-corrected chi connectivity index (χ3v) is 2.25. The van der Waals surface area contributed by atoms with Crippen LogP contribution >= 0.6 is 0 Å². The molecule has 0 saturated carbocycles. The van der Waals surface area contributed by atoms with Gasteiger partial charge in [-0.2, -0.15) is 5.10 Å². The zero-order valence-corrected chi connectivity index (χ0v) is 7.94. The molecule has 2 N–H and O–H groups in total. The minimum atomic E-state index is -0.850. The summed E-state index contributed by atoms with van der Waals surface area (Å²) in [5.41, 5.74) is 2.41. The van der Waals surface area contributed by atoms with Crippen molar-refractivity contribution in [3.8, 4) is 0 Å². The number of imide groups is 1. The zero-order chi connectivity index (χ0) is 11.0. The van der Waals surface area contributed by atoms with Gasteiger partial charge >= 0.3 is 5.97 Å². The van der Waals surface area contributed by atoms with Crippen molar-refractivity contribution in [2.75, 3.05) is 6.61 Å². The topological polar surface area (TPSA) is 96.9 Å². The summed E-state index contributed by atoms with van der Waals surface area (Å²) in [5, 5.41) is 5.77. The molecule has 15 heavy (non-hydrogen) atoms. The molecule has 0 spiro atoms. The van der Waals surface area contributed by atoms with E-state index < -0.39 is 29.7 Å². The number of hydrogen-bond donors (Lipinski definition) is 2. The fourth-order valence-electron chi connectivity index (χ4n) is 1.58. The molecule has 80 valence electrons. The summed E-state index contributed by atoms with van der Waals surface area (Å²) in [6, 6.07) is -0.767. The van der Waals surface area contributed by atoms with Gasteiger partial charge in [-0.25, -0.2) is 4.79 Å². The molecular formula is C8H9N3O4. The Morgan fingerprint density at radius 1 is 1.47 bits per heavy atom. The Bertz CT molecular complexity index is 376. The van der Waals surface area contributed by atoms with E-state index in [1.165, 1.54) is 0 Å². The highest BCUT2D eigenvalue weighted by Gasteiger charge is 2.50. The molecule has 0 unspecified atom stereocenters. The van der Waals surface area contributed by atoms with Crippen LogP contribution in [0.1, 0.15) is 6.92 Å². The average molecular weight is 211 g/mol. The molecule has 0 aromatic heterocycles. The molecule has 2 amide bonds. The van der Waals surface area contributed by atoms with Crippen LogP contribution in [0.3, 0.4) is 0 Å². The number of carbonyl (C=O) groups excluding carboxylic acids is 3. The molecule has 0 aromatic rings. The monoisotopic (exact) mass is 211 g/mol. The van der Waals surface area contributed by atoms with Crippen LogP contribution in [-0.2, 0) is 19.1 Å². The average Bonchev–Trinajstić information content (AvgIpc) is 2.70. The summed E-state index contributed by atoms with van der Waals surface area (Å²) in [4.78, 5) is 33.9. The first-order chi connectivity index (χ1) is 7.15. The van der Waals surface area contributed by atoms with Crippen molar-refractivity contribution in [3.05, 3.63) is 0 Å². The number of amides is 2. The zero-order valence-electron chi connectivity index (χ0n) is 7.94. The Hall–Kier alpha value is -1.92. The molecule has 0 bridgehead atoms. The van der Waals surface area contributed by atoms with Crippen LogP contribution < -0.4 is 10.7 Å². The Morgan fingerprint density at radius 2 is 2.20 bits per heavy atom. The molecule has 0 aliphatic carbocycles. The minimum absolute atomic E-state index is 0.0369. The lowest BCUT2D eigenvalue weighted by molar-refractivity contribution is -0.136. The number of hydrogen-bond acceptors (Lipinski definition) is 6. The van der Waals surface area contributed by atoms with E-state index in [1.54, 1.807) is 6.92 Å². The maximum Gasteiger partial charge on any atom is 0.355 e. The van der Waals surface area contributed by atoms with Crippen LogP contribution in [0.4, 0.5) is 0 Å². The van der Waals surface area contributed by atoms with Crippen molar-refractivity contribution >= 4 is 23.5 Å². The molecule has 2 aliphatic heterocycles. The second-order valence-electron chi connectivity index (χ2n) is 3.16. The Kier molecular flexibility index (Phi) is 2.14. The summed E-state index contributed by atoms with van der Waals surface area (Å²) in [6.45, 7) is 1.85. The summed E-state index contributed by atoms with van der Waals surface area (Å²) in [7, 11) is 0. The molecule has 1 fully saturated rings. The van der Waals surface area contributed by atoms with Crippen LogP contribution in [-0.4, -0.2) is 36.1 Å². The summed E-state index contributed by atoms with van der Waals surface area (Å²) < 4.78 is 4.72. The van der Waals surface area contributed by atoms with E-state index in [4.69, 9.17) is 4.74 Å². The van der Waals surface area contributed by atoms with E-state index in [2.05, 4.69) is 15.8 Å². The lowest BCUT2D eigenvalue weighted by Crippen LogP contribution is -2.35. The van der Waals surface area contributed by atoms with Gasteiger partial charge in [-0.15, -0.1) is 0 Å². The molecule has 2 rings (SSSR count). The molecule has 0 aromatic carbocycles. The standard InChI is InChI=1S/C8H9N3O4/c1-2-15-8(14)5-3-4(10-11-5)7(13)9-6(3)12/h3-4,10H,2H2,1H3,(H,9,12,13)/t3-,4+/m0/s1. The highest BCUT2D eigenvalue weighted by molar-refractivity contribution is 6.44. The quantitative estimate of drug-likeness (QED) is 0.413. The first-order valence-electron chi connectivity index (χ1n) is 4.50. The van der Waals surface area contributed by atoms with Crippen molar-refractivity contribution in [2.24, 2.45) is 11.0 Å². The molecule has 7 heteroatoms. The van der Waals surface area contributed by atoms with Crippen LogP contribution in [0.5, 0.6) is 0 Å². The van der Waals surface area contributed by atoms with Crippen molar-refractivity contribution in [1.29, 1.82) is 0 Å². The first-order valence-corrected chi connectivity index (χ1v) is 4.50. The van der Waals surface area contributed by atoms with Gasteiger partial charge in [-0.3, -0.25) is 20.3 Å². The van der Waals surface area contributed by atoms with Gasteiger partial charge in [-0.05, 0) is 6.92 Å².